The smallest absolute Gasteiger partial charge is 0.303 e. The molecule has 1 atom stereocenters. The summed E-state index contributed by atoms with van der Waals surface area (Å²) in [5.74, 6) is -0.162. The van der Waals surface area contributed by atoms with Crippen molar-refractivity contribution in [2.75, 3.05) is 6.54 Å². The Kier molecular flexibility index (Phi) is 6.76. The fourth-order valence-corrected chi connectivity index (χ4v) is 2.65. The predicted octanol–water partition coefficient (Wildman–Crippen LogP) is 2.57. The van der Waals surface area contributed by atoms with Crippen LogP contribution in [-0.4, -0.2) is 23.5 Å². The van der Waals surface area contributed by atoms with Crippen LogP contribution in [0.1, 0.15) is 58.3 Å². The number of carboxylic acid groups (broad SMARTS) is 1. The maximum absolute atomic E-state index is 11.6. The average Bonchev–Trinajstić information content (AvgIpc) is 2.29. The van der Waals surface area contributed by atoms with Gasteiger partial charge < -0.3 is 10.4 Å². The Bertz CT molecular complexity index is 272. The zero-order valence-corrected chi connectivity index (χ0v) is 11.3. The van der Waals surface area contributed by atoms with Crippen molar-refractivity contribution in [3.8, 4) is 0 Å². The van der Waals surface area contributed by atoms with E-state index in [9.17, 15) is 9.59 Å². The van der Waals surface area contributed by atoms with Gasteiger partial charge in [0.15, 0.2) is 0 Å². The summed E-state index contributed by atoms with van der Waals surface area (Å²) < 4.78 is 0. The second-order valence-electron chi connectivity index (χ2n) is 5.55. The Morgan fingerprint density at radius 3 is 2.50 bits per heavy atom. The molecule has 1 saturated carbocycles. The van der Waals surface area contributed by atoms with E-state index in [4.69, 9.17) is 5.11 Å². The van der Waals surface area contributed by atoms with Crippen molar-refractivity contribution < 1.29 is 14.7 Å². The molecule has 104 valence electrons. The van der Waals surface area contributed by atoms with E-state index in [0.717, 1.165) is 18.9 Å². The fraction of sp³-hybridized carbons (Fsp3) is 0.857. The zero-order valence-electron chi connectivity index (χ0n) is 11.3. The molecule has 0 bridgehead atoms. The second kappa shape index (κ2) is 8.11. The van der Waals surface area contributed by atoms with Gasteiger partial charge in [-0.25, -0.2) is 0 Å². The van der Waals surface area contributed by atoms with E-state index < -0.39 is 5.97 Å². The van der Waals surface area contributed by atoms with Gasteiger partial charge in [0, 0.05) is 19.4 Å². The van der Waals surface area contributed by atoms with Gasteiger partial charge in [0.25, 0.3) is 0 Å². The van der Waals surface area contributed by atoms with E-state index in [0.29, 0.717) is 6.42 Å². The third-order valence-corrected chi connectivity index (χ3v) is 3.66. The number of hydrogen-bond donors (Lipinski definition) is 2. The first-order valence-corrected chi connectivity index (χ1v) is 7.06. The summed E-state index contributed by atoms with van der Waals surface area (Å²) in [6.07, 6.45) is 8.06. The molecule has 18 heavy (non-hydrogen) atoms. The molecule has 0 spiro atoms. The Morgan fingerprint density at radius 2 is 1.89 bits per heavy atom. The van der Waals surface area contributed by atoms with Crippen molar-refractivity contribution in [1.82, 2.24) is 5.32 Å². The lowest BCUT2D eigenvalue weighted by molar-refractivity contribution is -0.138. The molecule has 2 N–H and O–H groups in total. The Hall–Kier alpha value is -1.06. The van der Waals surface area contributed by atoms with Gasteiger partial charge in [0.05, 0.1) is 0 Å². The first kappa shape index (κ1) is 15.0. The van der Waals surface area contributed by atoms with Crippen LogP contribution in [0.5, 0.6) is 0 Å². The van der Waals surface area contributed by atoms with Gasteiger partial charge in [-0.3, -0.25) is 9.59 Å². The summed E-state index contributed by atoms with van der Waals surface area (Å²) in [4.78, 5) is 22.1. The van der Waals surface area contributed by atoms with Gasteiger partial charge in [-0.2, -0.15) is 0 Å². The number of hydrogen-bond acceptors (Lipinski definition) is 2. The van der Waals surface area contributed by atoms with Gasteiger partial charge in [0.2, 0.25) is 5.91 Å². The zero-order chi connectivity index (χ0) is 13.4. The maximum Gasteiger partial charge on any atom is 0.303 e. The van der Waals surface area contributed by atoms with Crippen molar-refractivity contribution >= 4 is 11.9 Å². The summed E-state index contributed by atoms with van der Waals surface area (Å²) in [7, 11) is 0. The summed E-state index contributed by atoms with van der Waals surface area (Å²) in [5, 5.41) is 11.5. The summed E-state index contributed by atoms with van der Waals surface area (Å²) in [6.45, 7) is 2.54. The highest BCUT2D eigenvalue weighted by molar-refractivity contribution is 5.77. The van der Waals surface area contributed by atoms with E-state index in [1.807, 2.05) is 0 Å². The van der Waals surface area contributed by atoms with Crippen LogP contribution in [-0.2, 0) is 9.59 Å². The number of aliphatic carboxylic acids is 1. The summed E-state index contributed by atoms with van der Waals surface area (Å²) >= 11 is 0. The van der Waals surface area contributed by atoms with Gasteiger partial charge in [-0.1, -0.05) is 39.0 Å². The first-order chi connectivity index (χ1) is 8.58. The van der Waals surface area contributed by atoms with E-state index in [-0.39, 0.29) is 18.2 Å². The number of carboxylic acids is 1. The number of amides is 1. The molecule has 1 rings (SSSR count). The normalized spacial score (nSPS) is 18.3. The third kappa shape index (κ3) is 6.62. The molecule has 0 saturated heterocycles. The quantitative estimate of drug-likeness (QED) is 0.734. The van der Waals surface area contributed by atoms with Crippen LogP contribution in [0.4, 0.5) is 0 Å². The second-order valence-corrected chi connectivity index (χ2v) is 5.55. The monoisotopic (exact) mass is 255 g/mol. The molecule has 0 aromatic rings. The molecule has 1 fully saturated rings. The highest BCUT2D eigenvalue weighted by Gasteiger charge is 2.15. The van der Waals surface area contributed by atoms with Crippen molar-refractivity contribution in [1.29, 1.82) is 0 Å². The largest absolute Gasteiger partial charge is 0.481 e. The Labute approximate surface area is 109 Å². The van der Waals surface area contributed by atoms with Crippen LogP contribution >= 0.6 is 0 Å². The molecule has 0 aromatic heterocycles. The van der Waals surface area contributed by atoms with E-state index in [2.05, 4.69) is 5.32 Å². The Balaban J connectivity index is 2.07. The first-order valence-electron chi connectivity index (χ1n) is 7.06. The molecule has 1 aliphatic rings. The number of carbonyl (C=O) groups is 2. The van der Waals surface area contributed by atoms with Crippen molar-refractivity contribution in [2.24, 2.45) is 11.8 Å². The molecule has 1 unspecified atom stereocenters. The topological polar surface area (TPSA) is 66.4 Å². The van der Waals surface area contributed by atoms with Gasteiger partial charge in [-0.15, -0.1) is 0 Å². The van der Waals surface area contributed by atoms with Crippen molar-refractivity contribution in [3.05, 3.63) is 0 Å². The molecule has 0 aromatic carbocycles. The number of rotatable bonds is 7. The minimum Gasteiger partial charge on any atom is -0.481 e. The average molecular weight is 255 g/mol. The van der Waals surface area contributed by atoms with Gasteiger partial charge >= 0.3 is 5.97 Å². The molecule has 4 nitrogen and oxygen atoms in total. The number of nitrogens with one attached hydrogen (secondary N) is 1. The summed E-state index contributed by atoms with van der Waals surface area (Å²) in [5.41, 5.74) is 0. The lowest BCUT2D eigenvalue weighted by Gasteiger charge is -2.21. The van der Waals surface area contributed by atoms with Crippen molar-refractivity contribution in [2.45, 2.75) is 58.3 Å². The lowest BCUT2D eigenvalue weighted by Crippen LogP contribution is -2.28. The van der Waals surface area contributed by atoms with Crippen LogP contribution in [0.3, 0.4) is 0 Å². The van der Waals surface area contributed by atoms with Crippen molar-refractivity contribution in [3.63, 3.8) is 0 Å². The highest BCUT2D eigenvalue weighted by Crippen LogP contribution is 2.25. The van der Waals surface area contributed by atoms with Crippen LogP contribution in [0.15, 0.2) is 0 Å². The Morgan fingerprint density at radius 1 is 1.22 bits per heavy atom. The van der Waals surface area contributed by atoms with Crippen LogP contribution in [0.2, 0.25) is 0 Å². The maximum atomic E-state index is 11.6. The standard InChI is InChI=1S/C14H25NO3/c1-11(10-14(17)18)9-13(16)15-8-7-12-5-3-2-4-6-12/h11-12H,2-10H2,1H3,(H,15,16)(H,17,18). The van der Waals surface area contributed by atoms with E-state index in [1.54, 1.807) is 6.92 Å². The predicted molar refractivity (Wildman–Crippen MR) is 70.2 cm³/mol. The SMILES string of the molecule is CC(CC(=O)O)CC(=O)NCCC1CCCCC1. The lowest BCUT2D eigenvalue weighted by atomic mass is 9.87. The van der Waals surface area contributed by atoms with Gasteiger partial charge in [0.1, 0.15) is 0 Å². The van der Waals surface area contributed by atoms with Crippen LogP contribution in [0.25, 0.3) is 0 Å². The molecular weight excluding hydrogens is 230 g/mol. The minimum absolute atomic E-state index is 0.0143. The van der Waals surface area contributed by atoms with Crippen LogP contribution < -0.4 is 5.32 Å². The number of carbonyl (C=O) groups excluding carboxylic acids is 1. The van der Waals surface area contributed by atoms with E-state index >= 15 is 0 Å². The molecule has 1 amide bonds. The molecule has 0 heterocycles. The highest BCUT2D eigenvalue weighted by atomic mass is 16.4. The van der Waals surface area contributed by atoms with E-state index in [1.165, 1.54) is 32.1 Å². The van der Waals surface area contributed by atoms with Crippen LogP contribution in [0, 0.1) is 11.8 Å². The fourth-order valence-electron chi connectivity index (χ4n) is 2.65. The molecule has 4 heteroatoms. The molecule has 0 aliphatic heterocycles. The van der Waals surface area contributed by atoms with Gasteiger partial charge in [-0.05, 0) is 18.3 Å². The molecular formula is C14H25NO3. The minimum atomic E-state index is -0.836. The molecule has 0 radical (unpaired) electrons. The molecule has 1 aliphatic carbocycles. The summed E-state index contributed by atoms with van der Waals surface area (Å²) in [6, 6.07) is 0. The third-order valence-electron chi connectivity index (χ3n) is 3.66.